The van der Waals surface area contributed by atoms with Crippen molar-refractivity contribution in [3.8, 4) is 5.75 Å². The predicted molar refractivity (Wildman–Crippen MR) is 99.9 cm³/mol. The van der Waals surface area contributed by atoms with E-state index in [9.17, 15) is 4.79 Å². The van der Waals surface area contributed by atoms with Gasteiger partial charge >= 0.3 is 0 Å². The molecule has 1 aromatic carbocycles. The second-order valence-corrected chi connectivity index (χ2v) is 6.75. The first kappa shape index (κ1) is 17.7. The van der Waals surface area contributed by atoms with Gasteiger partial charge in [0.1, 0.15) is 5.75 Å². The third-order valence-corrected chi connectivity index (χ3v) is 4.58. The maximum absolute atomic E-state index is 13.0. The number of hydrogen-bond donors (Lipinski definition) is 1. The summed E-state index contributed by atoms with van der Waals surface area (Å²) >= 11 is 3.32. The second-order valence-electron chi connectivity index (χ2n) is 5.83. The van der Waals surface area contributed by atoms with E-state index < -0.39 is 0 Å². The fraction of sp³-hybridized carbons (Fsp3) is 0.389. The highest BCUT2D eigenvalue weighted by Crippen LogP contribution is 2.25. The molecule has 0 unspecified atom stereocenters. The van der Waals surface area contributed by atoms with Crippen LogP contribution in [-0.2, 0) is 0 Å². The quantitative estimate of drug-likeness (QED) is 0.799. The van der Waals surface area contributed by atoms with Crippen molar-refractivity contribution < 1.29 is 9.53 Å². The first-order valence-electron chi connectivity index (χ1n) is 8.43. The van der Waals surface area contributed by atoms with E-state index in [1.54, 1.807) is 12.4 Å². The number of halogens is 1. The van der Waals surface area contributed by atoms with Crippen molar-refractivity contribution in [1.29, 1.82) is 0 Å². The summed E-state index contributed by atoms with van der Waals surface area (Å²) in [5.74, 6) is 1.23. The molecule has 0 bridgehead atoms. The number of anilines is 1. The molecule has 132 valence electrons. The Balaban J connectivity index is 1.68. The SMILES string of the molecule is CCOc1ccccc1C(=O)N1CCC[C@H]1CNc1ncc(Br)cn1. The molecule has 6 nitrogen and oxygen atoms in total. The van der Waals surface area contributed by atoms with Crippen LogP contribution in [0.4, 0.5) is 5.95 Å². The lowest BCUT2D eigenvalue weighted by atomic mass is 10.1. The monoisotopic (exact) mass is 404 g/mol. The van der Waals surface area contributed by atoms with E-state index in [-0.39, 0.29) is 11.9 Å². The first-order valence-corrected chi connectivity index (χ1v) is 9.22. The second kappa shape index (κ2) is 8.29. The highest BCUT2D eigenvalue weighted by atomic mass is 79.9. The topological polar surface area (TPSA) is 67.3 Å². The normalized spacial score (nSPS) is 16.7. The number of likely N-dealkylation sites (tertiary alicyclic amines) is 1. The van der Waals surface area contributed by atoms with Crippen LogP contribution in [0.25, 0.3) is 0 Å². The summed E-state index contributed by atoms with van der Waals surface area (Å²) in [5, 5.41) is 3.22. The Morgan fingerprint density at radius 1 is 1.36 bits per heavy atom. The van der Waals surface area contributed by atoms with Gasteiger partial charge in [-0.25, -0.2) is 9.97 Å². The molecule has 7 heteroatoms. The standard InChI is InChI=1S/C18H21BrN4O2/c1-2-25-16-8-4-3-7-15(16)17(24)23-9-5-6-14(23)12-22-18-20-10-13(19)11-21-18/h3-4,7-8,10-11,14H,2,5-6,9,12H2,1H3,(H,20,21,22)/t14-/m0/s1. The lowest BCUT2D eigenvalue weighted by Crippen LogP contribution is -2.39. The molecule has 0 aliphatic carbocycles. The van der Waals surface area contributed by atoms with Gasteiger partial charge < -0.3 is 15.0 Å². The van der Waals surface area contributed by atoms with Crippen LogP contribution in [0.1, 0.15) is 30.1 Å². The van der Waals surface area contributed by atoms with Gasteiger partial charge in [0.05, 0.1) is 16.6 Å². The van der Waals surface area contributed by atoms with Crippen LogP contribution in [0.5, 0.6) is 5.75 Å². The number of rotatable bonds is 6. The highest BCUT2D eigenvalue weighted by Gasteiger charge is 2.30. The van der Waals surface area contributed by atoms with Crippen molar-refractivity contribution in [2.24, 2.45) is 0 Å². The Labute approximate surface area is 155 Å². The first-order chi connectivity index (χ1) is 12.2. The maximum Gasteiger partial charge on any atom is 0.257 e. The van der Waals surface area contributed by atoms with E-state index >= 15 is 0 Å². The molecule has 1 N–H and O–H groups in total. The van der Waals surface area contributed by atoms with Crippen LogP contribution in [0, 0.1) is 0 Å². The zero-order chi connectivity index (χ0) is 17.6. The Bertz CT molecular complexity index is 723. The Hall–Kier alpha value is -2.15. The number of nitrogens with one attached hydrogen (secondary N) is 1. The minimum atomic E-state index is 0.0186. The van der Waals surface area contributed by atoms with E-state index in [1.807, 2.05) is 36.1 Å². The van der Waals surface area contributed by atoms with E-state index in [0.717, 1.165) is 23.9 Å². The largest absolute Gasteiger partial charge is 0.493 e. The highest BCUT2D eigenvalue weighted by molar-refractivity contribution is 9.10. The molecule has 1 atom stereocenters. The van der Waals surface area contributed by atoms with E-state index in [4.69, 9.17) is 4.74 Å². The van der Waals surface area contributed by atoms with Gasteiger partial charge in [0, 0.05) is 31.5 Å². The lowest BCUT2D eigenvalue weighted by Gasteiger charge is -2.25. The molecule has 1 amide bonds. The summed E-state index contributed by atoms with van der Waals surface area (Å²) in [4.78, 5) is 23.3. The van der Waals surface area contributed by atoms with Gasteiger partial charge in [0.25, 0.3) is 5.91 Å². The molecule has 1 aliphatic heterocycles. The third-order valence-electron chi connectivity index (χ3n) is 4.17. The smallest absolute Gasteiger partial charge is 0.257 e. The van der Waals surface area contributed by atoms with Crippen molar-refractivity contribution in [2.75, 3.05) is 25.0 Å². The van der Waals surface area contributed by atoms with Crippen LogP contribution in [0.2, 0.25) is 0 Å². The predicted octanol–water partition coefficient (Wildman–Crippen LogP) is 3.35. The average Bonchev–Trinajstić information content (AvgIpc) is 3.10. The number of benzene rings is 1. The summed E-state index contributed by atoms with van der Waals surface area (Å²) in [7, 11) is 0. The zero-order valence-electron chi connectivity index (χ0n) is 14.1. The Morgan fingerprint density at radius 3 is 2.88 bits per heavy atom. The van der Waals surface area contributed by atoms with Gasteiger partial charge in [-0.05, 0) is 47.8 Å². The molecule has 1 saturated heterocycles. The van der Waals surface area contributed by atoms with Crippen LogP contribution < -0.4 is 10.1 Å². The number of nitrogens with zero attached hydrogens (tertiary/aromatic N) is 3. The van der Waals surface area contributed by atoms with Crippen LogP contribution in [0.3, 0.4) is 0 Å². The molecular formula is C18H21BrN4O2. The molecule has 3 rings (SSSR count). The van der Waals surface area contributed by atoms with Crippen LogP contribution >= 0.6 is 15.9 Å². The van der Waals surface area contributed by atoms with Crippen molar-refractivity contribution in [3.63, 3.8) is 0 Å². The number of ether oxygens (including phenoxy) is 1. The van der Waals surface area contributed by atoms with E-state index in [2.05, 4.69) is 31.2 Å². The summed E-state index contributed by atoms with van der Waals surface area (Å²) < 4.78 is 6.44. The van der Waals surface area contributed by atoms with Crippen molar-refractivity contribution >= 4 is 27.8 Å². The van der Waals surface area contributed by atoms with Gasteiger partial charge in [-0.3, -0.25) is 4.79 Å². The molecular weight excluding hydrogens is 384 g/mol. The molecule has 2 heterocycles. The van der Waals surface area contributed by atoms with Crippen LogP contribution in [-0.4, -0.2) is 46.5 Å². The molecule has 0 saturated carbocycles. The van der Waals surface area contributed by atoms with Crippen molar-refractivity contribution in [3.05, 3.63) is 46.7 Å². The molecule has 0 radical (unpaired) electrons. The van der Waals surface area contributed by atoms with E-state index in [0.29, 0.717) is 30.4 Å². The summed E-state index contributed by atoms with van der Waals surface area (Å²) in [6.07, 6.45) is 5.36. The number of para-hydroxylation sites is 1. The fourth-order valence-electron chi connectivity index (χ4n) is 3.01. The third kappa shape index (κ3) is 4.28. The minimum absolute atomic E-state index is 0.0186. The number of amides is 1. The summed E-state index contributed by atoms with van der Waals surface area (Å²) in [5.41, 5.74) is 0.621. The molecule has 2 aromatic rings. The molecule has 25 heavy (non-hydrogen) atoms. The van der Waals surface area contributed by atoms with Gasteiger partial charge in [0.15, 0.2) is 0 Å². The number of hydrogen-bond acceptors (Lipinski definition) is 5. The van der Waals surface area contributed by atoms with Gasteiger partial charge in [-0.15, -0.1) is 0 Å². The molecule has 1 aromatic heterocycles. The number of carbonyl (C=O) groups excluding carboxylic acids is 1. The number of aromatic nitrogens is 2. The van der Waals surface area contributed by atoms with Crippen molar-refractivity contribution in [1.82, 2.24) is 14.9 Å². The summed E-state index contributed by atoms with van der Waals surface area (Å²) in [6.45, 7) is 3.84. The van der Waals surface area contributed by atoms with Crippen molar-refractivity contribution in [2.45, 2.75) is 25.8 Å². The zero-order valence-corrected chi connectivity index (χ0v) is 15.7. The van der Waals surface area contributed by atoms with Gasteiger partial charge in [0.2, 0.25) is 5.95 Å². The maximum atomic E-state index is 13.0. The van der Waals surface area contributed by atoms with Gasteiger partial charge in [-0.1, -0.05) is 12.1 Å². The minimum Gasteiger partial charge on any atom is -0.493 e. The molecule has 0 spiro atoms. The lowest BCUT2D eigenvalue weighted by molar-refractivity contribution is 0.0739. The Morgan fingerprint density at radius 2 is 2.12 bits per heavy atom. The summed E-state index contributed by atoms with van der Waals surface area (Å²) in [6, 6.07) is 7.54. The average molecular weight is 405 g/mol. The molecule has 1 aliphatic rings. The number of carbonyl (C=O) groups is 1. The van der Waals surface area contributed by atoms with E-state index in [1.165, 1.54) is 0 Å². The molecule has 1 fully saturated rings. The Kier molecular flexibility index (Phi) is 5.86. The van der Waals surface area contributed by atoms with Gasteiger partial charge in [-0.2, -0.15) is 0 Å². The van der Waals surface area contributed by atoms with Crippen LogP contribution in [0.15, 0.2) is 41.1 Å². The fourth-order valence-corrected chi connectivity index (χ4v) is 3.21.